The van der Waals surface area contributed by atoms with Crippen molar-refractivity contribution >= 4 is 40.7 Å². The minimum absolute atomic E-state index is 0.122. The van der Waals surface area contributed by atoms with Gasteiger partial charge in [-0.15, -0.1) is 0 Å². The van der Waals surface area contributed by atoms with Crippen LogP contribution in [0.3, 0.4) is 0 Å². The maximum Gasteiger partial charge on any atom is 0.250 e. The largest absolute Gasteiger partial charge is 0.324 e. The lowest BCUT2D eigenvalue weighted by Gasteiger charge is -2.36. The van der Waals surface area contributed by atoms with Crippen molar-refractivity contribution in [1.82, 2.24) is 4.90 Å². The van der Waals surface area contributed by atoms with Crippen LogP contribution in [0, 0.1) is 18.8 Å². The predicted octanol–water partition coefficient (Wildman–Crippen LogP) is 3.64. The number of benzene rings is 2. The van der Waals surface area contributed by atoms with E-state index in [-0.39, 0.29) is 23.8 Å². The lowest BCUT2D eigenvalue weighted by atomic mass is 9.75. The first-order valence-corrected chi connectivity index (χ1v) is 11.6. The highest BCUT2D eigenvalue weighted by Crippen LogP contribution is 2.61. The first-order valence-electron chi connectivity index (χ1n) is 11.3. The van der Waals surface area contributed by atoms with E-state index in [9.17, 15) is 14.4 Å². The summed E-state index contributed by atoms with van der Waals surface area (Å²) < 4.78 is 0. The highest BCUT2D eigenvalue weighted by atomic mass is 35.5. The van der Waals surface area contributed by atoms with Gasteiger partial charge < -0.3 is 5.32 Å². The van der Waals surface area contributed by atoms with Gasteiger partial charge in [-0.05, 0) is 56.0 Å². The molecule has 6 rings (SSSR count). The Morgan fingerprint density at radius 3 is 2.75 bits per heavy atom. The zero-order valence-corrected chi connectivity index (χ0v) is 18.8. The number of halogens is 1. The molecule has 3 fully saturated rings. The molecule has 0 radical (unpaired) electrons. The fourth-order valence-electron chi connectivity index (χ4n) is 6.65. The third-order valence-electron chi connectivity index (χ3n) is 7.91. The van der Waals surface area contributed by atoms with E-state index in [1.165, 1.54) is 4.90 Å². The van der Waals surface area contributed by atoms with Crippen LogP contribution in [0.2, 0.25) is 5.02 Å². The molecule has 1 N–H and O–H groups in total. The molecule has 1 spiro atoms. The second kappa shape index (κ2) is 6.65. The molecular weight excluding hydrogens is 426 g/mol. The molecule has 6 nitrogen and oxygen atoms in total. The zero-order valence-electron chi connectivity index (χ0n) is 18.0. The number of carbonyl (C=O) groups is 3. The fourth-order valence-corrected chi connectivity index (χ4v) is 6.81. The van der Waals surface area contributed by atoms with E-state index >= 15 is 0 Å². The molecule has 4 aliphatic heterocycles. The SMILES string of the molecule is CCc1cccc2c1NC(=O)[C@@]21[C@@H]2C(=O)N(c3cc(Cl)ccc3C)C(=O)[C@@H]2[C@@H]2CCCN21. The molecule has 3 amide bonds. The van der Waals surface area contributed by atoms with Gasteiger partial charge in [0.25, 0.3) is 0 Å². The lowest BCUT2D eigenvalue weighted by molar-refractivity contribution is -0.135. The lowest BCUT2D eigenvalue weighted by Crippen LogP contribution is -2.54. The van der Waals surface area contributed by atoms with Crippen molar-refractivity contribution in [3.63, 3.8) is 0 Å². The van der Waals surface area contributed by atoms with E-state index in [2.05, 4.69) is 17.1 Å². The van der Waals surface area contributed by atoms with E-state index in [0.29, 0.717) is 17.3 Å². The van der Waals surface area contributed by atoms with Crippen molar-refractivity contribution in [2.24, 2.45) is 11.8 Å². The number of rotatable bonds is 2. The highest BCUT2D eigenvalue weighted by molar-refractivity contribution is 6.32. The Hall–Kier alpha value is -2.70. The molecule has 2 aromatic carbocycles. The van der Waals surface area contributed by atoms with Gasteiger partial charge in [0.15, 0.2) is 0 Å². The number of nitrogens with one attached hydrogen (secondary N) is 1. The summed E-state index contributed by atoms with van der Waals surface area (Å²) in [6.45, 7) is 4.62. The molecule has 0 aliphatic carbocycles. The topological polar surface area (TPSA) is 69.7 Å². The Morgan fingerprint density at radius 2 is 1.97 bits per heavy atom. The molecule has 7 heteroatoms. The Kier molecular flexibility index (Phi) is 4.15. The fraction of sp³-hybridized carbons (Fsp3) is 0.400. The summed E-state index contributed by atoms with van der Waals surface area (Å²) in [4.78, 5) is 45.0. The summed E-state index contributed by atoms with van der Waals surface area (Å²) in [6.07, 6.45) is 2.49. The Balaban J connectivity index is 1.57. The van der Waals surface area contributed by atoms with Crippen LogP contribution in [0.5, 0.6) is 0 Å². The molecule has 164 valence electrons. The summed E-state index contributed by atoms with van der Waals surface area (Å²) in [6, 6.07) is 11.0. The van der Waals surface area contributed by atoms with Gasteiger partial charge in [-0.25, -0.2) is 4.90 Å². The number of hydrogen-bond acceptors (Lipinski definition) is 4. The van der Waals surface area contributed by atoms with Gasteiger partial charge in [0, 0.05) is 22.3 Å². The van der Waals surface area contributed by atoms with Crippen LogP contribution in [0.25, 0.3) is 0 Å². The Morgan fingerprint density at radius 1 is 1.16 bits per heavy atom. The smallest absolute Gasteiger partial charge is 0.250 e. The van der Waals surface area contributed by atoms with E-state index in [1.807, 2.05) is 31.2 Å². The third-order valence-corrected chi connectivity index (χ3v) is 8.14. The molecule has 4 heterocycles. The van der Waals surface area contributed by atoms with Crippen molar-refractivity contribution < 1.29 is 14.4 Å². The normalized spacial score (nSPS) is 30.8. The molecule has 0 unspecified atom stereocenters. The highest BCUT2D eigenvalue weighted by Gasteiger charge is 2.74. The summed E-state index contributed by atoms with van der Waals surface area (Å²) in [5.74, 6) is -1.98. The number of nitrogens with zero attached hydrogens (tertiary/aromatic N) is 2. The maximum absolute atomic E-state index is 14.0. The number of hydrogen-bond donors (Lipinski definition) is 1. The second-order valence-corrected chi connectivity index (χ2v) is 9.70. The molecule has 0 bridgehead atoms. The van der Waals surface area contributed by atoms with E-state index in [0.717, 1.165) is 41.6 Å². The third kappa shape index (κ3) is 2.22. The van der Waals surface area contributed by atoms with E-state index < -0.39 is 17.4 Å². The van der Waals surface area contributed by atoms with Gasteiger partial charge in [-0.2, -0.15) is 0 Å². The Labute approximate surface area is 191 Å². The molecule has 32 heavy (non-hydrogen) atoms. The maximum atomic E-state index is 14.0. The van der Waals surface area contributed by atoms with Gasteiger partial charge in [0.2, 0.25) is 17.7 Å². The number of carbonyl (C=O) groups excluding carboxylic acids is 3. The molecule has 2 aromatic rings. The standard InChI is InChI=1S/C25H24ClN3O3/c1-3-14-6-4-7-16-21(14)27-24(32)25(16)20-19(17-8-5-11-28(17)25)22(30)29(23(20)31)18-12-15(26)10-9-13(18)2/h4,6-7,9-10,12,17,19-20H,3,5,8,11H2,1-2H3,(H,27,32)/t17-,19+,20-,25-/m0/s1. The molecule has 4 aliphatic rings. The number of anilines is 2. The zero-order chi connectivity index (χ0) is 22.4. The minimum Gasteiger partial charge on any atom is -0.324 e. The molecule has 4 atom stereocenters. The van der Waals surface area contributed by atoms with Crippen molar-refractivity contribution in [3.05, 3.63) is 58.1 Å². The van der Waals surface area contributed by atoms with Crippen molar-refractivity contribution in [2.45, 2.75) is 44.7 Å². The predicted molar refractivity (Wildman–Crippen MR) is 122 cm³/mol. The van der Waals surface area contributed by atoms with Crippen LogP contribution in [0.15, 0.2) is 36.4 Å². The second-order valence-electron chi connectivity index (χ2n) is 9.26. The van der Waals surface area contributed by atoms with E-state index in [1.54, 1.807) is 12.1 Å². The van der Waals surface area contributed by atoms with Crippen LogP contribution in [0.4, 0.5) is 11.4 Å². The van der Waals surface area contributed by atoms with Crippen LogP contribution < -0.4 is 10.2 Å². The van der Waals surface area contributed by atoms with Crippen molar-refractivity contribution in [3.8, 4) is 0 Å². The monoisotopic (exact) mass is 449 g/mol. The molecule has 0 saturated carbocycles. The first kappa shape index (κ1) is 19.9. The van der Waals surface area contributed by atoms with Gasteiger partial charge >= 0.3 is 0 Å². The van der Waals surface area contributed by atoms with Gasteiger partial charge in [0.1, 0.15) is 5.54 Å². The van der Waals surface area contributed by atoms with Gasteiger partial charge in [-0.1, -0.05) is 42.8 Å². The number of amides is 3. The van der Waals surface area contributed by atoms with Gasteiger partial charge in [0.05, 0.1) is 17.5 Å². The van der Waals surface area contributed by atoms with Crippen LogP contribution in [0.1, 0.15) is 36.5 Å². The summed E-state index contributed by atoms with van der Waals surface area (Å²) in [7, 11) is 0. The van der Waals surface area contributed by atoms with Crippen molar-refractivity contribution in [2.75, 3.05) is 16.8 Å². The first-order chi connectivity index (χ1) is 15.4. The number of para-hydroxylation sites is 1. The average Bonchev–Trinajstić information content (AvgIpc) is 3.48. The van der Waals surface area contributed by atoms with Crippen LogP contribution >= 0.6 is 11.6 Å². The number of imide groups is 1. The quantitative estimate of drug-likeness (QED) is 0.710. The number of fused-ring (bicyclic) bond motifs is 7. The van der Waals surface area contributed by atoms with Crippen LogP contribution in [-0.4, -0.2) is 35.2 Å². The summed E-state index contributed by atoms with van der Waals surface area (Å²) >= 11 is 6.22. The molecule has 0 aromatic heterocycles. The van der Waals surface area contributed by atoms with Crippen molar-refractivity contribution in [1.29, 1.82) is 0 Å². The summed E-state index contributed by atoms with van der Waals surface area (Å²) in [5, 5.41) is 3.57. The van der Waals surface area contributed by atoms with Crippen LogP contribution in [-0.2, 0) is 26.3 Å². The Bertz CT molecular complexity index is 1210. The van der Waals surface area contributed by atoms with E-state index in [4.69, 9.17) is 11.6 Å². The molecule has 3 saturated heterocycles. The number of aryl methyl sites for hydroxylation is 2. The molecular formula is C25H24ClN3O3. The average molecular weight is 450 g/mol. The minimum atomic E-state index is -1.14. The summed E-state index contributed by atoms with van der Waals surface area (Å²) in [5.41, 5.74) is 2.88. The van der Waals surface area contributed by atoms with Gasteiger partial charge in [-0.3, -0.25) is 19.3 Å².